The molecule has 0 spiro atoms. The summed E-state index contributed by atoms with van der Waals surface area (Å²) >= 11 is 15.7. The van der Waals surface area contributed by atoms with E-state index in [-0.39, 0.29) is 11.1 Å². The van der Waals surface area contributed by atoms with Gasteiger partial charge in [0.2, 0.25) is 0 Å². The summed E-state index contributed by atoms with van der Waals surface area (Å²) in [5.74, 6) is -0.535. The Morgan fingerprint density at radius 2 is 1.97 bits per heavy atom. The molecule has 1 unspecified atom stereocenters. The Morgan fingerprint density at radius 1 is 1.14 bits per heavy atom. The molecule has 0 saturated heterocycles. The van der Waals surface area contributed by atoms with Crippen molar-refractivity contribution in [1.82, 2.24) is 25.0 Å². The molecule has 2 atom stereocenters. The number of nitrogens with one attached hydrogen (secondary N) is 2. The summed E-state index contributed by atoms with van der Waals surface area (Å²) in [7, 11) is 0. The first-order chi connectivity index (χ1) is 18.0. The van der Waals surface area contributed by atoms with Crippen LogP contribution in [0.15, 0.2) is 53.6 Å². The second kappa shape index (κ2) is 11.0. The number of pyridine rings is 1. The van der Waals surface area contributed by atoms with Crippen LogP contribution in [0.2, 0.25) is 15.3 Å². The van der Waals surface area contributed by atoms with Crippen molar-refractivity contribution in [2.45, 2.75) is 17.8 Å². The Balaban J connectivity index is 1.58. The minimum Gasteiger partial charge on any atom is -0.205 e. The first-order valence-corrected chi connectivity index (χ1v) is 14.4. The molecular formula is C24H18AsCl2FN8S. The zero-order valence-electron chi connectivity index (χ0n) is 19.0. The Bertz CT molecular complexity index is 1620. The Labute approximate surface area is 234 Å². The number of benzene rings is 2. The number of aryl methyl sites for hydroxylation is 1. The number of halogens is 3. The summed E-state index contributed by atoms with van der Waals surface area (Å²) in [6.07, 6.45) is 3.35. The van der Waals surface area contributed by atoms with Gasteiger partial charge in [0.1, 0.15) is 11.9 Å². The number of aromatic nitrogens is 5. The van der Waals surface area contributed by atoms with E-state index >= 15 is 0 Å². The SMILES string of the molecule is N#Cc1cnc2c(Cl)cc(N[C@@H](c3cscn3)c3cn(CC[AsH2])nn3)cc2c1Nc1ccc(F)c(Cl)c1. The van der Waals surface area contributed by atoms with Gasteiger partial charge in [-0.1, -0.05) is 11.6 Å². The molecule has 5 rings (SSSR count). The van der Waals surface area contributed by atoms with E-state index in [1.54, 1.807) is 28.4 Å². The number of hydrogen-bond acceptors (Lipinski definition) is 8. The number of thiazole rings is 1. The molecule has 0 amide bonds. The van der Waals surface area contributed by atoms with Crippen LogP contribution in [0.5, 0.6) is 0 Å². The van der Waals surface area contributed by atoms with Crippen molar-refractivity contribution in [2.24, 2.45) is 0 Å². The van der Waals surface area contributed by atoms with Gasteiger partial charge in [-0.05, 0) is 18.2 Å². The van der Waals surface area contributed by atoms with Crippen LogP contribution in [0, 0.1) is 17.1 Å². The molecule has 0 saturated carbocycles. The molecule has 37 heavy (non-hydrogen) atoms. The van der Waals surface area contributed by atoms with E-state index in [4.69, 9.17) is 23.2 Å². The van der Waals surface area contributed by atoms with Crippen LogP contribution in [0.1, 0.15) is 23.0 Å². The summed E-state index contributed by atoms with van der Waals surface area (Å²) in [5, 5.41) is 28.9. The fourth-order valence-corrected chi connectivity index (χ4v) is 5.38. The van der Waals surface area contributed by atoms with Crippen LogP contribution >= 0.6 is 34.5 Å². The van der Waals surface area contributed by atoms with Crippen molar-refractivity contribution in [3.8, 4) is 6.07 Å². The van der Waals surface area contributed by atoms with Gasteiger partial charge in [-0.3, -0.25) is 0 Å². The minimum absolute atomic E-state index is 0.0365. The number of anilines is 3. The Kier molecular flexibility index (Phi) is 7.58. The molecule has 0 aliphatic heterocycles. The van der Waals surface area contributed by atoms with Gasteiger partial charge in [-0.2, -0.15) is 5.26 Å². The van der Waals surface area contributed by atoms with E-state index in [0.29, 0.717) is 44.2 Å². The third-order valence-electron chi connectivity index (χ3n) is 5.50. The smallest absolute Gasteiger partial charge is 0.205 e. The molecular weight excluding hydrogens is 597 g/mol. The number of nitriles is 1. The number of rotatable bonds is 8. The third-order valence-corrected chi connectivity index (χ3v) is 7.23. The standard InChI is InChI=1S/C24H18AsCl2FN8S/c25-3-4-36-10-20(34-35-36)24(21-11-37-12-31-21)33-15-5-16-22(32-14-1-2-19(28)17(26)6-14)13(8-29)9-30-23(16)18(27)7-15/h1-2,5-7,9-12,24,33H,3-4,25H2,(H,30,32)/t24-/m1/s1. The summed E-state index contributed by atoms with van der Waals surface area (Å²) in [6.45, 7) is 0.781. The van der Waals surface area contributed by atoms with E-state index < -0.39 is 5.82 Å². The molecule has 0 radical (unpaired) electrons. The van der Waals surface area contributed by atoms with Gasteiger partial charge < -0.3 is 0 Å². The zero-order chi connectivity index (χ0) is 25.9. The van der Waals surface area contributed by atoms with Crippen LogP contribution in [0.25, 0.3) is 10.9 Å². The Hall–Kier alpha value is -3.22. The fraction of sp³-hybridized carbons (Fsp3) is 0.125. The molecule has 0 aliphatic carbocycles. The maximum absolute atomic E-state index is 13.7. The Morgan fingerprint density at radius 3 is 2.70 bits per heavy atom. The summed E-state index contributed by atoms with van der Waals surface area (Å²) in [5.41, 5.74) is 5.71. The third kappa shape index (κ3) is 5.41. The molecule has 0 fully saturated rings. The first kappa shape index (κ1) is 25.4. The van der Waals surface area contributed by atoms with E-state index in [1.165, 1.54) is 35.7 Å². The predicted molar refractivity (Wildman–Crippen MR) is 147 cm³/mol. The second-order valence-electron chi connectivity index (χ2n) is 7.95. The molecule has 2 aromatic carbocycles. The van der Waals surface area contributed by atoms with Crippen LogP contribution in [0.4, 0.5) is 21.5 Å². The molecule has 13 heteroatoms. The van der Waals surface area contributed by atoms with E-state index in [9.17, 15) is 9.65 Å². The molecule has 0 aliphatic rings. The van der Waals surface area contributed by atoms with Gasteiger partial charge >= 0.3 is 167 Å². The van der Waals surface area contributed by atoms with E-state index in [0.717, 1.165) is 17.4 Å². The fourth-order valence-electron chi connectivity index (χ4n) is 3.80. The summed E-state index contributed by atoms with van der Waals surface area (Å²) in [4.78, 5) is 8.88. The average molecular weight is 615 g/mol. The van der Waals surface area contributed by atoms with Gasteiger partial charge in [-0.15, -0.1) is 0 Å². The molecule has 186 valence electrons. The normalized spacial score (nSPS) is 11.9. The number of hydrogen-bond donors (Lipinski definition) is 2. The molecule has 2 N–H and O–H groups in total. The van der Waals surface area contributed by atoms with Crippen molar-refractivity contribution in [2.75, 3.05) is 10.6 Å². The predicted octanol–water partition coefficient (Wildman–Crippen LogP) is 5.60. The zero-order valence-corrected chi connectivity index (χ0v) is 23.7. The average Bonchev–Trinajstić information content (AvgIpc) is 3.58. The molecule has 8 nitrogen and oxygen atoms in total. The maximum atomic E-state index is 13.7. The van der Waals surface area contributed by atoms with Crippen molar-refractivity contribution in [3.05, 3.63) is 86.4 Å². The van der Waals surface area contributed by atoms with Crippen molar-refractivity contribution in [1.29, 1.82) is 5.26 Å². The van der Waals surface area contributed by atoms with E-state index in [2.05, 4.69) is 37.0 Å². The molecule has 0 bridgehead atoms. The van der Waals surface area contributed by atoms with Gasteiger partial charge in [0.05, 0.1) is 5.02 Å². The van der Waals surface area contributed by atoms with Crippen molar-refractivity contribution >= 4 is 79.4 Å². The van der Waals surface area contributed by atoms with Crippen LogP contribution in [-0.2, 0) is 6.54 Å². The number of nitrogens with zero attached hydrogens (tertiary/aromatic N) is 6. The second-order valence-corrected chi connectivity index (χ2v) is 10.7. The molecule has 3 aromatic heterocycles. The van der Waals surface area contributed by atoms with Gasteiger partial charge in [-0.25, -0.2) is 4.39 Å². The summed E-state index contributed by atoms with van der Waals surface area (Å²) < 4.78 is 15.5. The topological polar surface area (TPSA) is 104 Å². The number of fused-ring (bicyclic) bond motifs is 1. The summed E-state index contributed by atoms with van der Waals surface area (Å²) in [6, 6.07) is 9.63. The van der Waals surface area contributed by atoms with Gasteiger partial charge in [0.25, 0.3) is 0 Å². The minimum atomic E-state index is -0.535. The monoisotopic (exact) mass is 614 g/mol. The van der Waals surface area contributed by atoms with E-state index in [1.807, 2.05) is 22.3 Å². The first-order valence-electron chi connectivity index (χ1n) is 11.0. The van der Waals surface area contributed by atoms with Gasteiger partial charge in [0, 0.05) is 11.9 Å². The van der Waals surface area contributed by atoms with Crippen LogP contribution in [0.3, 0.4) is 0 Å². The van der Waals surface area contributed by atoms with Crippen LogP contribution < -0.4 is 10.6 Å². The molecule has 3 heterocycles. The van der Waals surface area contributed by atoms with Crippen LogP contribution in [-0.4, -0.2) is 41.8 Å². The molecule has 5 aromatic rings. The van der Waals surface area contributed by atoms with Crippen molar-refractivity contribution in [3.63, 3.8) is 0 Å². The quantitative estimate of drug-likeness (QED) is 0.219. The van der Waals surface area contributed by atoms with Gasteiger partial charge in [0.15, 0.2) is 0 Å². The van der Waals surface area contributed by atoms with Crippen molar-refractivity contribution < 1.29 is 4.39 Å².